The number of piperazine rings is 1. The van der Waals surface area contributed by atoms with Crippen molar-refractivity contribution in [1.29, 1.82) is 0 Å². The highest BCUT2D eigenvalue weighted by Gasteiger charge is 2.13. The largest absolute Gasteiger partial charge is 0.369 e. The van der Waals surface area contributed by atoms with Gasteiger partial charge in [0.15, 0.2) is 0 Å². The van der Waals surface area contributed by atoms with Gasteiger partial charge in [0, 0.05) is 62.1 Å². The zero-order valence-corrected chi connectivity index (χ0v) is 11.6. The summed E-state index contributed by atoms with van der Waals surface area (Å²) in [6.07, 6.45) is 3.82. The van der Waals surface area contributed by atoms with Crippen LogP contribution in [0.5, 0.6) is 0 Å². The van der Waals surface area contributed by atoms with E-state index in [1.54, 1.807) is 0 Å². The van der Waals surface area contributed by atoms with Gasteiger partial charge in [-0.25, -0.2) is 0 Å². The molecule has 0 unspecified atom stereocenters. The first-order chi connectivity index (χ1) is 9.84. The first kappa shape index (κ1) is 11.7. The molecule has 102 valence electrons. The second-order valence-electron chi connectivity index (χ2n) is 5.39. The Morgan fingerprint density at radius 3 is 2.75 bits per heavy atom. The van der Waals surface area contributed by atoms with Crippen LogP contribution in [0.25, 0.3) is 21.8 Å². The first-order valence-electron chi connectivity index (χ1n) is 7.12. The van der Waals surface area contributed by atoms with Crippen LogP contribution < -0.4 is 10.2 Å². The number of hydrogen-bond donors (Lipinski definition) is 1. The van der Waals surface area contributed by atoms with Crippen molar-refractivity contribution in [3.05, 3.63) is 36.7 Å². The van der Waals surface area contributed by atoms with Crippen molar-refractivity contribution < 1.29 is 0 Å². The lowest BCUT2D eigenvalue weighted by molar-refractivity contribution is 0.589. The molecule has 0 saturated carbocycles. The fourth-order valence-electron chi connectivity index (χ4n) is 3.16. The summed E-state index contributed by atoms with van der Waals surface area (Å²) in [5.41, 5.74) is 3.84. The van der Waals surface area contributed by atoms with Crippen molar-refractivity contribution in [2.45, 2.75) is 0 Å². The van der Waals surface area contributed by atoms with Crippen molar-refractivity contribution >= 4 is 27.5 Å². The van der Waals surface area contributed by atoms with E-state index in [0.717, 1.165) is 26.2 Å². The summed E-state index contributed by atoms with van der Waals surface area (Å²) in [4.78, 5) is 6.71. The van der Waals surface area contributed by atoms with E-state index in [1.165, 1.54) is 27.5 Å². The molecule has 2 aromatic heterocycles. The van der Waals surface area contributed by atoms with Gasteiger partial charge in [0.25, 0.3) is 0 Å². The minimum atomic E-state index is 1.07. The van der Waals surface area contributed by atoms with Gasteiger partial charge in [0.2, 0.25) is 0 Å². The Morgan fingerprint density at radius 1 is 1.05 bits per heavy atom. The van der Waals surface area contributed by atoms with Gasteiger partial charge in [-0.15, -0.1) is 0 Å². The molecule has 0 bridgehead atoms. The highest BCUT2D eigenvalue weighted by atomic mass is 15.2. The Labute approximate surface area is 118 Å². The first-order valence-corrected chi connectivity index (χ1v) is 7.12. The molecule has 1 fully saturated rings. The molecule has 1 aromatic carbocycles. The van der Waals surface area contributed by atoms with Crippen LogP contribution in [0.1, 0.15) is 0 Å². The third-order valence-electron chi connectivity index (χ3n) is 4.27. The highest BCUT2D eigenvalue weighted by molar-refractivity contribution is 6.08. The number of pyridine rings is 1. The maximum Gasteiger partial charge on any atom is 0.0519 e. The van der Waals surface area contributed by atoms with Crippen LogP contribution in [0, 0.1) is 0 Å². The molecule has 0 aliphatic carbocycles. The van der Waals surface area contributed by atoms with Crippen LogP contribution in [0.3, 0.4) is 0 Å². The normalized spacial score (nSPS) is 16.1. The number of aromatic nitrogens is 2. The van der Waals surface area contributed by atoms with Gasteiger partial charge in [-0.3, -0.25) is 4.98 Å². The van der Waals surface area contributed by atoms with E-state index in [1.807, 2.05) is 12.4 Å². The van der Waals surface area contributed by atoms with E-state index >= 15 is 0 Å². The average Bonchev–Trinajstić information content (AvgIpc) is 2.81. The number of nitrogens with zero attached hydrogens (tertiary/aromatic N) is 3. The van der Waals surface area contributed by atoms with Crippen LogP contribution in [0.4, 0.5) is 5.69 Å². The molecule has 1 aliphatic heterocycles. The number of anilines is 1. The van der Waals surface area contributed by atoms with Crippen LogP contribution in [-0.2, 0) is 7.05 Å². The monoisotopic (exact) mass is 266 g/mol. The van der Waals surface area contributed by atoms with Crippen molar-refractivity contribution in [3.8, 4) is 0 Å². The predicted octanol–water partition coefficient (Wildman–Crippen LogP) is 2.14. The molecule has 4 heteroatoms. The molecule has 0 amide bonds. The van der Waals surface area contributed by atoms with E-state index in [-0.39, 0.29) is 0 Å². The number of aryl methyl sites for hydroxylation is 1. The van der Waals surface area contributed by atoms with Crippen molar-refractivity contribution in [2.24, 2.45) is 7.05 Å². The van der Waals surface area contributed by atoms with Crippen LogP contribution in [0.15, 0.2) is 36.7 Å². The number of fused-ring (bicyclic) bond motifs is 3. The third kappa shape index (κ3) is 1.68. The molecular formula is C16H18N4. The van der Waals surface area contributed by atoms with Crippen molar-refractivity contribution in [1.82, 2.24) is 14.9 Å². The van der Waals surface area contributed by atoms with Crippen LogP contribution in [0.2, 0.25) is 0 Å². The molecule has 4 nitrogen and oxygen atoms in total. The fourth-order valence-corrected chi connectivity index (χ4v) is 3.16. The molecule has 3 heterocycles. The van der Waals surface area contributed by atoms with E-state index in [9.17, 15) is 0 Å². The molecule has 1 saturated heterocycles. The van der Waals surface area contributed by atoms with Gasteiger partial charge in [0.05, 0.1) is 11.0 Å². The van der Waals surface area contributed by atoms with Crippen molar-refractivity contribution in [3.63, 3.8) is 0 Å². The van der Waals surface area contributed by atoms with E-state index in [2.05, 4.69) is 51.1 Å². The number of hydrogen-bond acceptors (Lipinski definition) is 3. The quantitative estimate of drug-likeness (QED) is 0.732. The molecule has 1 aliphatic rings. The summed E-state index contributed by atoms with van der Waals surface area (Å²) >= 11 is 0. The average molecular weight is 266 g/mol. The van der Waals surface area contributed by atoms with Gasteiger partial charge in [-0.05, 0) is 18.2 Å². The van der Waals surface area contributed by atoms with Gasteiger partial charge in [-0.1, -0.05) is 6.07 Å². The summed E-state index contributed by atoms with van der Waals surface area (Å²) in [5, 5.41) is 5.92. The standard InChI is InChI=1S/C16H18N4/c1-19-15-4-5-18-11-14(15)13-3-2-12(10-16(13)19)20-8-6-17-7-9-20/h2-5,10-11,17H,6-9H2,1H3. The molecule has 0 atom stereocenters. The molecule has 1 N–H and O–H groups in total. The minimum absolute atomic E-state index is 1.07. The van der Waals surface area contributed by atoms with Gasteiger partial charge >= 0.3 is 0 Å². The zero-order valence-electron chi connectivity index (χ0n) is 11.6. The second kappa shape index (κ2) is 4.49. The van der Waals surface area contributed by atoms with Crippen molar-refractivity contribution in [2.75, 3.05) is 31.1 Å². The minimum Gasteiger partial charge on any atom is -0.369 e. The lowest BCUT2D eigenvalue weighted by atomic mass is 10.1. The van der Waals surface area contributed by atoms with Crippen LogP contribution >= 0.6 is 0 Å². The van der Waals surface area contributed by atoms with E-state index < -0.39 is 0 Å². The second-order valence-corrected chi connectivity index (χ2v) is 5.39. The van der Waals surface area contributed by atoms with Gasteiger partial charge < -0.3 is 14.8 Å². The fraction of sp³-hybridized carbons (Fsp3) is 0.312. The number of rotatable bonds is 1. The number of benzene rings is 1. The Bertz CT molecular complexity index is 769. The Balaban J connectivity index is 1.90. The van der Waals surface area contributed by atoms with Gasteiger partial charge in [0.1, 0.15) is 0 Å². The lowest BCUT2D eigenvalue weighted by Crippen LogP contribution is -2.43. The molecule has 0 radical (unpaired) electrons. The third-order valence-corrected chi connectivity index (χ3v) is 4.27. The Morgan fingerprint density at radius 2 is 1.90 bits per heavy atom. The topological polar surface area (TPSA) is 33.1 Å². The van der Waals surface area contributed by atoms with E-state index in [4.69, 9.17) is 0 Å². The Kier molecular flexibility index (Phi) is 2.63. The summed E-state index contributed by atoms with van der Waals surface area (Å²) in [7, 11) is 2.13. The summed E-state index contributed by atoms with van der Waals surface area (Å²) in [5.74, 6) is 0. The summed E-state index contributed by atoms with van der Waals surface area (Å²) in [6.45, 7) is 4.29. The molecule has 20 heavy (non-hydrogen) atoms. The van der Waals surface area contributed by atoms with E-state index in [0.29, 0.717) is 0 Å². The maximum atomic E-state index is 4.26. The zero-order chi connectivity index (χ0) is 13.5. The molecule has 4 rings (SSSR count). The Hall–Kier alpha value is -2.07. The van der Waals surface area contributed by atoms with Crippen LogP contribution in [-0.4, -0.2) is 35.7 Å². The smallest absolute Gasteiger partial charge is 0.0519 e. The van der Waals surface area contributed by atoms with Gasteiger partial charge in [-0.2, -0.15) is 0 Å². The lowest BCUT2D eigenvalue weighted by Gasteiger charge is -2.29. The number of nitrogens with one attached hydrogen (secondary N) is 1. The SMILES string of the molecule is Cn1c2ccncc2c2ccc(N3CCNCC3)cc21. The molecule has 0 spiro atoms. The maximum absolute atomic E-state index is 4.26. The molecular weight excluding hydrogens is 248 g/mol. The predicted molar refractivity (Wildman–Crippen MR) is 83.3 cm³/mol. The summed E-state index contributed by atoms with van der Waals surface area (Å²) < 4.78 is 2.26. The highest BCUT2D eigenvalue weighted by Crippen LogP contribution is 2.30. The molecule has 3 aromatic rings. The summed E-state index contributed by atoms with van der Waals surface area (Å²) in [6, 6.07) is 8.86.